The van der Waals surface area contributed by atoms with Gasteiger partial charge in [-0.2, -0.15) is 0 Å². The van der Waals surface area contributed by atoms with Gasteiger partial charge in [-0.3, -0.25) is 4.98 Å². The third kappa shape index (κ3) is 3.15. The number of hydrazine groups is 1. The Morgan fingerprint density at radius 1 is 1.53 bits per heavy atom. The van der Waals surface area contributed by atoms with Crippen molar-refractivity contribution in [1.82, 2.24) is 9.97 Å². The van der Waals surface area contributed by atoms with Gasteiger partial charge in [-0.1, -0.05) is 0 Å². The minimum atomic E-state index is 0.556. The lowest BCUT2D eigenvalue weighted by molar-refractivity contribution is 0.893. The van der Waals surface area contributed by atoms with Crippen LogP contribution in [-0.2, 0) is 6.54 Å². The third-order valence-corrected chi connectivity index (χ3v) is 3.76. The van der Waals surface area contributed by atoms with Crippen molar-refractivity contribution in [3.8, 4) is 0 Å². The van der Waals surface area contributed by atoms with E-state index in [1.165, 1.54) is 5.56 Å². The molecule has 0 bridgehead atoms. The van der Waals surface area contributed by atoms with Crippen molar-refractivity contribution >= 4 is 38.9 Å². The van der Waals surface area contributed by atoms with E-state index >= 15 is 0 Å². The van der Waals surface area contributed by atoms with Crippen molar-refractivity contribution in [2.75, 3.05) is 17.4 Å². The first-order chi connectivity index (χ1) is 8.19. The van der Waals surface area contributed by atoms with E-state index < -0.39 is 0 Å². The number of nitrogens with one attached hydrogen (secondary N) is 1. The zero-order valence-electron chi connectivity index (χ0n) is 9.22. The number of rotatable bonds is 4. The fraction of sp³-hybridized carbons (Fsp3) is 0.200. The number of halogens is 1. The molecule has 0 saturated heterocycles. The molecular formula is C10H12BrN5S. The molecule has 0 aliphatic rings. The molecule has 0 atom stereocenters. The Morgan fingerprint density at radius 3 is 3.00 bits per heavy atom. The highest BCUT2D eigenvalue weighted by atomic mass is 79.9. The molecule has 2 aromatic heterocycles. The van der Waals surface area contributed by atoms with Crippen LogP contribution in [0.2, 0.25) is 0 Å². The van der Waals surface area contributed by atoms with Crippen molar-refractivity contribution < 1.29 is 0 Å². The molecule has 2 rings (SSSR count). The zero-order chi connectivity index (χ0) is 12.3. The van der Waals surface area contributed by atoms with Gasteiger partial charge in [0.1, 0.15) is 5.82 Å². The number of anilines is 2. The summed E-state index contributed by atoms with van der Waals surface area (Å²) in [5.41, 5.74) is 3.72. The normalized spacial score (nSPS) is 10.3. The van der Waals surface area contributed by atoms with Crippen LogP contribution in [0, 0.1) is 0 Å². The highest BCUT2D eigenvalue weighted by Crippen LogP contribution is 2.22. The van der Waals surface area contributed by atoms with Crippen LogP contribution in [-0.4, -0.2) is 17.0 Å². The molecular weight excluding hydrogens is 302 g/mol. The molecule has 3 N–H and O–H groups in total. The largest absolute Gasteiger partial charge is 0.354 e. The summed E-state index contributed by atoms with van der Waals surface area (Å²) in [5.74, 6) is 6.64. The van der Waals surface area contributed by atoms with Gasteiger partial charge in [0.25, 0.3) is 0 Å². The van der Waals surface area contributed by atoms with Crippen LogP contribution in [0.3, 0.4) is 0 Å². The van der Waals surface area contributed by atoms with E-state index in [0.717, 1.165) is 16.1 Å². The van der Waals surface area contributed by atoms with E-state index in [2.05, 4.69) is 42.8 Å². The quantitative estimate of drug-likeness (QED) is 0.669. The van der Waals surface area contributed by atoms with E-state index in [0.29, 0.717) is 5.82 Å². The third-order valence-electron chi connectivity index (χ3n) is 2.20. The molecule has 0 amide bonds. The van der Waals surface area contributed by atoms with Crippen molar-refractivity contribution in [3.63, 3.8) is 0 Å². The van der Waals surface area contributed by atoms with Gasteiger partial charge in [0.2, 0.25) is 0 Å². The summed E-state index contributed by atoms with van der Waals surface area (Å²) < 4.78 is 1.13. The second kappa shape index (κ2) is 5.44. The van der Waals surface area contributed by atoms with Gasteiger partial charge in [0.05, 0.1) is 16.2 Å². The number of hydrogen-bond acceptors (Lipinski definition) is 6. The topological polar surface area (TPSA) is 67.1 Å². The lowest BCUT2D eigenvalue weighted by Gasteiger charge is -2.17. The lowest BCUT2D eigenvalue weighted by atomic mass is 10.3. The number of nitrogens with two attached hydrogens (primary N) is 1. The Kier molecular flexibility index (Phi) is 3.93. The van der Waals surface area contributed by atoms with Crippen LogP contribution >= 0.6 is 27.3 Å². The van der Waals surface area contributed by atoms with Gasteiger partial charge in [0.15, 0.2) is 5.82 Å². The molecule has 0 unspecified atom stereocenters. The Balaban J connectivity index is 2.11. The molecule has 2 heterocycles. The molecule has 0 aliphatic carbocycles. The highest BCUT2D eigenvalue weighted by Gasteiger charge is 2.06. The van der Waals surface area contributed by atoms with Gasteiger partial charge in [0, 0.05) is 13.6 Å². The molecule has 0 aromatic carbocycles. The van der Waals surface area contributed by atoms with Crippen molar-refractivity contribution in [3.05, 3.63) is 33.2 Å². The Bertz CT molecular complexity index is 501. The van der Waals surface area contributed by atoms with Gasteiger partial charge < -0.3 is 10.3 Å². The Hall–Kier alpha value is -1.18. The number of nitrogen functional groups attached to an aromatic ring is 1. The SMILES string of the molecule is CN(Cc1csc(Br)c1)c1cncc(NN)n1. The van der Waals surface area contributed by atoms with E-state index in [4.69, 9.17) is 5.84 Å². The average molecular weight is 314 g/mol. The number of thiophene rings is 1. The standard InChI is InChI=1S/C10H12BrN5S/c1-16(5-7-2-8(11)17-6-7)10-4-13-3-9(14-10)15-12/h2-4,6H,5,12H2,1H3,(H,14,15). The monoisotopic (exact) mass is 313 g/mol. The summed E-state index contributed by atoms with van der Waals surface area (Å²) in [6, 6.07) is 2.10. The predicted octanol–water partition coefficient (Wildman–Crippen LogP) is 2.22. The second-order valence-corrected chi connectivity index (χ2v) is 5.81. The van der Waals surface area contributed by atoms with Gasteiger partial charge in [-0.15, -0.1) is 11.3 Å². The van der Waals surface area contributed by atoms with Crippen molar-refractivity contribution in [1.29, 1.82) is 0 Å². The lowest BCUT2D eigenvalue weighted by Crippen LogP contribution is -2.19. The maximum absolute atomic E-state index is 5.30. The smallest absolute Gasteiger partial charge is 0.160 e. The summed E-state index contributed by atoms with van der Waals surface area (Å²) in [6.45, 7) is 0.783. The van der Waals surface area contributed by atoms with Crippen molar-refractivity contribution in [2.24, 2.45) is 5.84 Å². The van der Waals surface area contributed by atoms with E-state index in [1.807, 2.05) is 11.9 Å². The summed E-state index contributed by atoms with van der Waals surface area (Å²) >= 11 is 5.12. The van der Waals surface area contributed by atoms with Gasteiger partial charge in [-0.05, 0) is 32.9 Å². The maximum atomic E-state index is 5.30. The number of hydrogen-bond donors (Lipinski definition) is 2. The summed E-state index contributed by atoms with van der Waals surface area (Å²) in [7, 11) is 1.97. The fourth-order valence-electron chi connectivity index (χ4n) is 1.39. The first-order valence-corrected chi connectivity index (χ1v) is 6.59. The molecule has 0 spiro atoms. The first kappa shape index (κ1) is 12.3. The van der Waals surface area contributed by atoms with E-state index in [1.54, 1.807) is 23.7 Å². The van der Waals surface area contributed by atoms with Crippen molar-refractivity contribution in [2.45, 2.75) is 6.54 Å². The molecule has 5 nitrogen and oxygen atoms in total. The molecule has 0 fully saturated rings. The molecule has 90 valence electrons. The molecule has 0 radical (unpaired) electrons. The minimum absolute atomic E-state index is 0.556. The van der Waals surface area contributed by atoms with Gasteiger partial charge in [-0.25, -0.2) is 10.8 Å². The Labute approximate surface area is 112 Å². The molecule has 0 aliphatic heterocycles. The molecule has 2 aromatic rings. The highest BCUT2D eigenvalue weighted by molar-refractivity contribution is 9.11. The zero-order valence-corrected chi connectivity index (χ0v) is 11.6. The van der Waals surface area contributed by atoms with Crippen LogP contribution in [0.15, 0.2) is 27.6 Å². The van der Waals surface area contributed by atoms with Crippen LogP contribution in [0.4, 0.5) is 11.6 Å². The van der Waals surface area contributed by atoms with Crippen LogP contribution in [0.25, 0.3) is 0 Å². The second-order valence-electron chi connectivity index (χ2n) is 3.52. The molecule has 17 heavy (non-hydrogen) atoms. The summed E-state index contributed by atoms with van der Waals surface area (Å²) in [5, 5.41) is 2.11. The average Bonchev–Trinajstić information content (AvgIpc) is 2.75. The molecule has 7 heteroatoms. The first-order valence-electron chi connectivity index (χ1n) is 4.92. The number of nitrogens with zero attached hydrogens (tertiary/aromatic N) is 3. The number of aromatic nitrogens is 2. The predicted molar refractivity (Wildman–Crippen MR) is 74.0 cm³/mol. The van der Waals surface area contributed by atoms with Crippen LogP contribution in [0.1, 0.15) is 5.56 Å². The molecule has 0 saturated carbocycles. The van der Waals surface area contributed by atoms with Crippen LogP contribution in [0.5, 0.6) is 0 Å². The van der Waals surface area contributed by atoms with Crippen LogP contribution < -0.4 is 16.2 Å². The Morgan fingerprint density at radius 2 is 2.35 bits per heavy atom. The van der Waals surface area contributed by atoms with E-state index in [9.17, 15) is 0 Å². The minimum Gasteiger partial charge on any atom is -0.354 e. The van der Waals surface area contributed by atoms with Gasteiger partial charge >= 0.3 is 0 Å². The maximum Gasteiger partial charge on any atom is 0.160 e. The van der Waals surface area contributed by atoms with E-state index in [-0.39, 0.29) is 0 Å². The fourth-order valence-corrected chi connectivity index (χ4v) is 2.59. The summed E-state index contributed by atoms with van der Waals surface area (Å²) in [6.07, 6.45) is 3.29. The summed E-state index contributed by atoms with van der Waals surface area (Å²) in [4.78, 5) is 10.4.